The van der Waals surface area contributed by atoms with E-state index < -0.39 is 12.0 Å². The van der Waals surface area contributed by atoms with E-state index in [-0.39, 0.29) is 18.0 Å². The molecule has 6 heteroatoms. The molecule has 2 rings (SSSR count). The third kappa shape index (κ3) is 3.97. The first-order valence-electron chi connectivity index (χ1n) is 6.78. The minimum Gasteiger partial charge on any atom is -0.406 e. The third-order valence-electron chi connectivity index (χ3n) is 3.83. The average Bonchev–Trinajstić information content (AvgIpc) is 2.89. The van der Waals surface area contributed by atoms with Gasteiger partial charge in [-0.2, -0.15) is 0 Å². The van der Waals surface area contributed by atoms with Crippen molar-refractivity contribution in [2.75, 3.05) is 7.11 Å². The molecule has 0 bridgehead atoms. The molecule has 1 aliphatic carbocycles. The average molecular weight is 302 g/mol. The van der Waals surface area contributed by atoms with E-state index in [4.69, 9.17) is 4.74 Å². The molecule has 0 atom stereocenters. The van der Waals surface area contributed by atoms with E-state index in [1.54, 1.807) is 0 Å². The molecular formula is C15H17F3O3. The highest BCUT2D eigenvalue weighted by molar-refractivity contribution is 5.89. The van der Waals surface area contributed by atoms with Gasteiger partial charge in [-0.05, 0) is 43.4 Å². The van der Waals surface area contributed by atoms with E-state index >= 15 is 0 Å². The molecular weight excluding hydrogens is 285 g/mol. The normalized spacial score (nSPS) is 17.7. The summed E-state index contributed by atoms with van der Waals surface area (Å²) in [4.78, 5) is 12.3. The molecule has 0 amide bonds. The maximum atomic E-state index is 12.3. The number of alkyl halides is 3. The minimum atomic E-state index is -4.71. The molecule has 3 nitrogen and oxygen atoms in total. The van der Waals surface area contributed by atoms with Crippen LogP contribution in [0.1, 0.15) is 31.2 Å². The molecule has 0 aliphatic heterocycles. The van der Waals surface area contributed by atoms with Crippen LogP contribution in [-0.4, -0.2) is 24.9 Å². The lowest BCUT2D eigenvalue weighted by Crippen LogP contribution is -2.38. The molecule has 1 saturated carbocycles. The molecule has 1 aromatic carbocycles. The number of carbonyl (C=O) groups excluding carboxylic acids is 1. The van der Waals surface area contributed by atoms with Crippen molar-refractivity contribution in [3.8, 4) is 5.75 Å². The van der Waals surface area contributed by atoms with E-state index in [9.17, 15) is 18.0 Å². The number of hydrogen-bond acceptors (Lipinski definition) is 3. The lowest BCUT2D eigenvalue weighted by Gasteiger charge is -2.25. The Bertz CT molecular complexity index is 488. The quantitative estimate of drug-likeness (QED) is 0.832. The third-order valence-corrected chi connectivity index (χ3v) is 3.83. The highest BCUT2D eigenvalue weighted by Gasteiger charge is 2.40. The predicted molar refractivity (Wildman–Crippen MR) is 70.0 cm³/mol. The van der Waals surface area contributed by atoms with Gasteiger partial charge in [0.1, 0.15) is 11.4 Å². The lowest BCUT2D eigenvalue weighted by atomic mass is 9.91. The second kappa shape index (κ2) is 6.05. The van der Waals surface area contributed by atoms with Crippen molar-refractivity contribution in [2.24, 2.45) is 0 Å². The molecule has 0 unspecified atom stereocenters. The van der Waals surface area contributed by atoms with Crippen molar-refractivity contribution < 1.29 is 27.4 Å². The second-order valence-electron chi connectivity index (χ2n) is 5.20. The summed E-state index contributed by atoms with van der Waals surface area (Å²) < 4.78 is 45.4. The van der Waals surface area contributed by atoms with E-state index in [1.165, 1.54) is 31.4 Å². The van der Waals surface area contributed by atoms with Crippen molar-refractivity contribution in [1.82, 2.24) is 0 Å². The molecule has 1 aliphatic rings. The Morgan fingerprint density at radius 2 is 1.76 bits per heavy atom. The molecule has 0 N–H and O–H groups in total. The van der Waals surface area contributed by atoms with Crippen LogP contribution in [0.4, 0.5) is 13.2 Å². The van der Waals surface area contributed by atoms with Crippen LogP contribution in [0.15, 0.2) is 24.3 Å². The Morgan fingerprint density at radius 1 is 1.19 bits per heavy atom. The van der Waals surface area contributed by atoms with Gasteiger partial charge in [-0.1, -0.05) is 12.1 Å². The Labute approximate surface area is 121 Å². The number of ketones is 1. The van der Waals surface area contributed by atoms with Crippen LogP contribution in [0.25, 0.3) is 0 Å². The number of halogens is 3. The van der Waals surface area contributed by atoms with Crippen LogP contribution >= 0.6 is 0 Å². The van der Waals surface area contributed by atoms with Gasteiger partial charge in [-0.25, -0.2) is 0 Å². The van der Waals surface area contributed by atoms with Crippen LogP contribution in [0.2, 0.25) is 0 Å². The van der Waals surface area contributed by atoms with Gasteiger partial charge >= 0.3 is 6.36 Å². The first-order chi connectivity index (χ1) is 9.85. The van der Waals surface area contributed by atoms with Crippen molar-refractivity contribution in [3.05, 3.63) is 29.8 Å². The molecule has 1 fully saturated rings. The largest absolute Gasteiger partial charge is 0.573 e. The molecule has 0 heterocycles. The summed E-state index contributed by atoms with van der Waals surface area (Å²) in [7, 11) is 1.53. The van der Waals surface area contributed by atoms with Crippen LogP contribution in [-0.2, 0) is 16.0 Å². The lowest BCUT2D eigenvalue weighted by molar-refractivity contribution is -0.274. The number of hydrogen-bond donors (Lipinski definition) is 0. The van der Waals surface area contributed by atoms with E-state index in [1.807, 2.05) is 0 Å². The first-order valence-corrected chi connectivity index (χ1v) is 6.78. The molecule has 21 heavy (non-hydrogen) atoms. The van der Waals surface area contributed by atoms with E-state index in [0.29, 0.717) is 18.4 Å². The zero-order chi connectivity index (χ0) is 15.5. The fourth-order valence-corrected chi connectivity index (χ4v) is 2.70. The summed E-state index contributed by atoms with van der Waals surface area (Å²) >= 11 is 0. The Kier molecular flexibility index (Phi) is 4.56. The first kappa shape index (κ1) is 15.8. The molecule has 0 radical (unpaired) electrons. The fourth-order valence-electron chi connectivity index (χ4n) is 2.70. The van der Waals surface area contributed by atoms with Crippen LogP contribution in [0.5, 0.6) is 5.75 Å². The van der Waals surface area contributed by atoms with Gasteiger partial charge in [0, 0.05) is 13.5 Å². The van der Waals surface area contributed by atoms with Crippen molar-refractivity contribution in [3.63, 3.8) is 0 Å². The number of ether oxygens (including phenoxy) is 2. The van der Waals surface area contributed by atoms with Crippen molar-refractivity contribution >= 4 is 5.78 Å². The van der Waals surface area contributed by atoms with Crippen LogP contribution < -0.4 is 4.74 Å². The van der Waals surface area contributed by atoms with Crippen molar-refractivity contribution in [1.29, 1.82) is 0 Å². The van der Waals surface area contributed by atoms with Crippen molar-refractivity contribution in [2.45, 2.75) is 44.1 Å². The van der Waals surface area contributed by atoms with Gasteiger partial charge in [0.2, 0.25) is 0 Å². The topological polar surface area (TPSA) is 35.5 Å². The summed E-state index contributed by atoms with van der Waals surface area (Å²) in [6.07, 6.45) is -1.23. The standard InChI is InChI=1S/C15H17F3O3/c1-20-14(8-2-3-9-14)13(19)10-11-4-6-12(7-5-11)21-15(16,17)18/h4-7H,2-3,8-10H2,1H3. The van der Waals surface area contributed by atoms with Gasteiger partial charge in [0.25, 0.3) is 0 Å². The van der Waals surface area contributed by atoms with Gasteiger partial charge in [0.15, 0.2) is 5.78 Å². The van der Waals surface area contributed by atoms with Gasteiger partial charge in [-0.3, -0.25) is 4.79 Å². The Hall–Kier alpha value is -1.56. The fraction of sp³-hybridized carbons (Fsp3) is 0.533. The molecule has 1 aromatic rings. The molecule has 0 aromatic heterocycles. The maximum absolute atomic E-state index is 12.3. The second-order valence-corrected chi connectivity index (χ2v) is 5.20. The van der Waals surface area contributed by atoms with E-state index in [0.717, 1.165) is 12.8 Å². The Morgan fingerprint density at radius 3 is 2.24 bits per heavy atom. The molecule has 116 valence electrons. The van der Waals surface area contributed by atoms with Crippen LogP contribution in [0, 0.1) is 0 Å². The van der Waals surface area contributed by atoms with Gasteiger partial charge in [-0.15, -0.1) is 13.2 Å². The molecule has 0 saturated heterocycles. The summed E-state index contributed by atoms with van der Waals surface area (Å²) in [5.41, 5.74) is -0.0703. The monoisotopic (exact) mass is 302 g/mol. The zero-order valence-electron chi connectivity index (χ0n) is 11.7. The number of benzene rings is 1. The van der Waals surface area contributed by atoms with Gasteiger partial charge < -0.3 is 9.47 Å². The van der Waals surface area contributed by atoms with Gasteiger partial charge in [0.05, 0.1) is 0 Å². The summed E-state index contributed by atoms with van der Waals surface area (Å²) in [5.74, 6) is -0.312. The van der Waals surface area contributed by atoms with E-state index in [2.05, 4.69) is 4.74 Å². The van der Waals surface area contributed by atoms with Crippen LogP contribution in [0.3, 0.4) is 0 Å². The number of methoxy groups -OCH3 is 1. The number of carbonyl (C=O) groups is 1. The maximum Gasteiger partial charge on any atom is 0.573 e. The molecule has 0 spiro atoms. The summed E-state index contributed by atoms with van der Waals surface area (Å²) in [6, 6.07) is 5.36. The Balaban J connectivity index is 2.01. The predicted octanol–water partition coefficient (Wildman–Crippen LogP) is 3.66. The highest BCUT2D eigenvalue weighted by atomic mass is 19.4. The summed E-state index contributed by atoms with van der Waals surface area (Å²) in [5, 5.41) is 0. The number of rotatable bonds is 5. The minimum absolute atomic E-state index is 0.0213. The SMILES string of the molecule is COC1(C(=O)Cc2ccc(OC(F)(F)F)cc2)CCCC1. The smallest absolute Gasteiger partial charge is 0.406 e. The highest BCUT2D eigenvalue weighted by Crippen LogP contribution is 2.34. The number of Topliss-reactive ketones (excluding diaryl/α,β-unsaturated/α-hetero) is 1. The summed E-state index contributed by atoms with van der Waals surface area (Å²) in [6.45, 7) is 0. The zero-order valence-corrected chi connectivity index (χ0v) is 11.7.